The predicted molar refractivity (Wildman–Crippen MR) is 75.5 cm³/mol. The zero-order valence-corrected chi connectivity index (χ0v) is 11.6. The van der Waals surface area contributed by atoms with E-state index in [-0.39, 0.29) is 0 Å². The van der Waals surface area contributed by atoms with Gasteiger partial charge in [-0.1, -0.05) is 13.3 Å². The Morgan fingerprint density at radius 2 is 2.29 bits per heavy atom. The summed E-state index contributed by atoms with van der Waals surface area (Å²) < 4.78 is 0. The van der Waals surface area contributed by atoms with E-state index in [0.29, 0.717) is 0 Å². The van der Waals surface area contributed by atoms with Crippen molar-refractivity contribution in [2.75, 3.05) is 19.6 Å². The fourth-order valence-electron chi connectivity index (χ4n) is 2.10. The molecule has 0 aliphatic heterocycles. The van der Waals surface area contributed by atoms with Gasteiger partial charge in [-0.2, -0.15) is 11.3 Å². The topological polar surface area (TPSA) is 15.3 Å². The summed E-state index contributed by atoms with van der Waals surface area (Å²) in [5.74, 6) is 0. The molecule has 0 unspecified atom stereocenters. The third kappa shape index (κ3) is 4.78. The Kier molecular flexibility index (Phi) is 5.49. The van der Waals surface area contributed by atoms with Crippen LogP contribution >= 0.6 is 11.3 Å². The smallest absolute Gasteiger partial charge is 0.0245 e. The number of unbranched alkanes of at least 4 members (excludes halogenated alkanes) is 1. The van der Waals surface area contributed by atoms with Gasteiger partial charge < -0.3 is 5.32 Å². The van der Waals surface area contributed by atoms with Crippen LogP contribution < -0.4 is 5.32 Å². The molecule has 1 N–H and O–H groups in total. The van der Waals surface area contributed by atoms with Crippen LogP contribution in [0.15, 0.2) is 16.8 Å². The molecular weight excluding hydrogens is 228 g/mol. The molecule has 1 aliphatic carbocycles. The quantitative estimate of drug-likeness (QED) is 0.679. The van der Waals surface area contributed by atoms with Crippen LogP contribution in [0.25, 0.3) is 0 Å². The summed E-state index contributed by atoms with van der Waals surface area (Å²) in [6, 6.07) is 3.12. The molecule has 1 heterocycles. The molecule has 17 heavy (non-hydrogen) atoms. The molecule has 0 saturated heterocycles. The van der Waals surface area contributed by atoms with Gasteiger partial charge in [0, 0.05) is 25.7 Å². The van der Waals surface area contributed by atoms with Gasteiger partial charge in [-0.05, 0) is 48.2 Å². The Labute approximate surface area is 109 Å². The van der Waals surface area contributed by atoms with Crippen molar-refractivity contribution < 1.29 is 0 Å². The Bertz CT molecular complexity index is 293. The fraction of sp³-hybridized carbons (Fsp3) is 0.714. The fourth-order valence-corrected chi connectivity index (χ4v) is 2.76. The van der Waals surface area contributed by atoms with Crippen molar-refractivity contribution in [2.24, 2.45) is 0 Å². The number of thiophene rings is 1. The second-order valence-electron chi connectivity index (χ2n) is 4.94. The molecule has 0 spiro atoms. The number of nitrogens with zero attached hydrogens (tertiary/aromatic N) is 1. The van der Waals surface area contributed by atoms with Crippen LogP contribution in [0.1, 0.15) is 38.2 Å². The number of hydrogen-bond acceptors (Lipinski definition) is 3. The predicted octanol–water partition coefficient (Wildman–Crippen LogP) is 3.10. The standard InChI is InChI=1S/C14H24N2S/c1-2-3-7-15-8-9-16(14-4-5-14)11-13-6-10-17-12-13/h6,10,12,14-15H,2-5,7-9,11H2,1H3. The first-order valence-electron chi connectivity index (χ1n) is 6.86. The third-order valence-electron chi connectivity index (χ3n) is 3.31. The summed E-state index contributed by atoms with van der Waals surface area (Å²) in [6.07, 6.45) is 5.39. The maximum atomic E-state index is 3.54. The molecule has 2 nitrogen and oxygen atoms in total. The van der Waals surface area contributed by atoms with Crippen molar-refractivity contribution in [3.05, 3.63) is 22.4 Å². The van der Waals surface area contributed by atoms with Crippen LogP contribution in [-0.2, 0) is 6.54 Å². The first kappa shape index (κ1) is 13.1. The lowest BCUT2D eigenvalue weighted by atomic mass is 10.3. The van der Waals surface area contributed by atoms with Gasteiger partial charge in [-0.25, -0.2) is 0 Å². The Balaban J connectivity index is 1.66. The lowest BCUT2D eigenvalue weighted by Gasteiger charge is -2.21. The van der Waals surface area contributed by atoms with Crippen molar-refractivity contribution in [1.82, 2.24) is 10.2 Å². The molecule has 1 aromatic heterocycles. The van der Waals surface area contributed by atoms with E-state index < -0.39 is 0 Å². The molecule has 0 radical (unpaired) electrons. The second-order valence-corrected chi connectivity index (χ2v) is 5.72. The molecule has 1 saturated carbocycles. The van der Waals surface area contributed by atoms with Gasteiger partial charge in [0.1, 0.15) is 0 Å². The third-order valence-corrected chi connectivity index (χ3v) is 4.04. The van der Waals surface area contributed by atoms with E-state index in [1.54, 1.807) is 11.3 Å². The summed E-state index contributed by atoms with van der Waals surface area (Å²) in [4.78, 5) is 2.64. The van der Waals surface area contributed by atoms with Crippen LogP contribution in [0.2, 0.25) is 0 Å². The minimum Gasteiger partial charge on any atom is -0.315 e. The molecule has 1 aromatic rings. The van der Waals surface area contributed by atoms with Crippen molar-refractivity contribution in [3.63, 3.8) is 0 Å². The maximum Gasteiger partial charge on any atom is 0.0245 e. The normalized spacial score (nSPS) is 15.6. The SMILES string of the molecule is CCCCNCCN(Cc1ccsc1)C1CC1. The van der Waals surface area contributed by atoms with E-state index in [4.69, 9.17) is 0 Å². The van der Waals surface area contributed by atoms with Crippen LogP contribution in [0, 0.1) is 0 Å². The average molecular weight is 252 g/mol. The molecule has 1 fully saturated rings. The van der Waals surface area contributed by atoms with Crippen molar-refractivity contribution in [1.29, 1.82) is 0 Å². The van der Waals surface area contributed by atoms with Gasteiger partial charge in [0.05, 0.1) is 0 Å². The minimum absolute atomic E-state index is 0.864. The largest absolute Gasteiger partial charge is 0.315 e. The van der Waals surface area contributed by atoms with E-state index in [1.165, 1.54) is 44.3 Å². The van der Waals surface area contributed by atoms with Gasteiger partial charge in [0.2, 0.25) is 0 Å². The molecule has 0 amide bonds. The summed E-state index contributed by atoms with van der Waals surface area (Å²) in [7, 11) is 0. The molecular formula is C14H24N2S. The molecule has 3 heteroatoms. The first-order valence-corrected chi connectivity index (χ1v) is 7.80. The highest BCUT2D eigenvalue weighted by atomic mass is 32.1. The lowest BCUT2D eigenvalue weighted by Crippen LogP contribution is -2.33. The second kappa shape index (κ2) is 7.14. The Morgan fingerprint density at radius 1 is 1.41 bits per heavy atom. The van der Waals surface area contributed by atoms with E-state index in [9.17, 15) is 0 Å². The first-order chi connectivity index (χ1) is 8.40. The molecule has 0 bridgehead atoms. The Morgan fingerprint density at radius 3 is 2.94 bits per heavy atom. The van der Waals surface area contributed by atoms with Gasteiger partial charge in [0.15, 0.2) is 0 Å². The average Bonchev–Trinajstić information content (AvgIpc) is 3.06. The van der Waals surface area contributed by atoms with E-state index in [2.05, 4.69) is 34.0 Å². The van der Waals surface area contributed by atoms with Gasteiger partial charge >= 0.3 is 0 Å². The molecule has 0 aromatic carbocycles. The highest BCUT2D eigenvalue weighted by Gasteiger charge is 2.28. The lowest BCUT2D eigenvalue weighted by molar-refractivity contribution is 0.255. The van der Waals surface area contributed by atoms with Crippen LogP contribution in [-0.4, -0.2) is 30.6 Å². The van der Waals surface area contributed by atoms with Crippen molar-refractivity contribution in [3.8, 4) is 0 Å². The molecule has 0 atom stereocenters. The van der Waals surface area contributed by atoms with Gasteiger partial charge in [0.25, 0.3) is 0 Å². The van der Waals surface area contributed by atoms with Crippen molar-refractivity contribution >= 4 is 11.3 Å². The summed E-state index contributed by atoms with van der Waals surface area (Å²) in [6.45, 7) is 6.90. The van der Waals surface area contributed by atoms with Crippen LogP contribution in [0.4, 0.5) is 0 Å². The summed E-state index contributed by atoms with van der Waals surface area (Å²) >= 11 is 1.81. The number of nitrogens with one attached hydrogen (secondary N) is 1. The summed E-state index contributed by atoms with van der Waals surface area (Å²) in [5, 5.41) is 8.00. The summed E-state index contributed by atoms with van der Waals surface area (Å²) in [5.41, 5.74) is 1.48. The molecule has 2 rings (SSSR count). The number of rotatable bonds is 9. The van der Waals surface area contributed by atoms with E-state index >= 15 is 0 Å². The maximum absolute atomic E-state index is 3.54. The Hall–Kier alpha value is -0.380. The highest BCUT2D eigenvalue weighted by Crippen LogP contribution is 2.28. The zero-order chi connectivity index (χ0) is 11.9. The monoisotopic (exact) mass is 252 g/mol. The molecule has 96 valence electrons. The van der Waals surface area contributed by atoms with Gasteiger partial charge in [-0.3, -0.25) is 4.90 Å². The zero-order valence-electron chi connectivity index (χ0n) is 10.8. The van der Waals surface area contributed by atoms with Crippen molar-refractivity contribution in [2.45, 2.75) is 45.2 Å². The minimum atomic E-state index is 0.864. The number of hydrogen-bond donors (Lipinski definition) is 1. The van der Waals surface area contributed by atoms with E-state index in [0.717, 1.165) is 19.1 Å². The van der Waals surface area contributed by atoms with E-state index in [1.807, 2.05) is 0 Å². The van der Waals surface area contributed by atoms with Gasteiger partial charge in [-0.15, -0.1) is 0 Å². The molecule has 1 aliphatic rings. The van der Waals surface area contributed by atoms with Crippen LogP contribution in [0.3, 0.4) is 0 Å². The highest BCUT2D eigenvalue weighted by molar-refractivity contribution is 7.07. The van der Waals surface area contributed by atoms with Crippen LogP contribution in [0.5, 0.6) is 0 Å².